The summed E-state index contributed by atoms with van der Waals surface area (Å²) in [5, 5.41) is 11.8. The zero-order chi connectivity index (χ0) is 25.3. The number of carbonyl (C=O) groups excluding carboxylic acids is 2. The van der Waals surface area contributed by atoms with Gasteiger partial charge in [-0.2, -0.15) is 10.2 Å². The van der Waals surface area contributed by atoms with Gasteiger partial charge in [0, 0.05) is 50.6 Å². The number of nitrogens with two attached hydrogens (primary N) is 1. The highest BCUT2D eigenvalue weighted by atomic mass is 16.2. The normalized spacial score (nSPS) is 17.4. The van der Waals surface area contributed by atoms with Crippen molar-refractivity contribution < 1.29 is 9.59 Å². The molecule has 3 aromatic rings. The van der Waals surface area contributed by atoms with E-state index in [-0.39, 0.29) is 29.8 Å². The number of aromatic nitrogens is 4. The van der Waals surface area contributed by atoms with Crippen LogP contribution in [0.4, 0.5) is 5.82 Å². The average molecular weight is 487 g/mol. The SMILES string of the molecule is [C-]#[N+]CC1(n2cc(C(N)=O)c(NC(=O)C3CC3)n2)CCN(Cc2ccc(-c3ccn(C)n3)cc2)CC1. The quantitative estimate of drug-likeness (QED) is 0.475. The molecular formula is C26H30N8O2. The zero-order valence-corrected chi connectivity index (χ0v) is 20.4. The molecule has 2 fully saturated rings. The van der Waals surface area contributed by atoms with Crippen molar-refractivity contribution in [1.82, 2.24) is 24.5 Å². The minimum Gasteiger partial charge on any atom is -0.365 e. The van der Waals surface area contributed by atoms with Crippen LogP contribution in [0.15, 0.2) is 42.7 Å². The maximum Gasteiger partial charge on any atom is 0.254 e. The van der Waals surface area contributed by atoms with Gasteiger partial charge in [0.1, 0.15) is 11.1 Å². The number of likely N-dealkylation sites (tertiary alicyclic amines) is 1. The molecule has 1 saturated carbocycles. The third kappa shape index (κ3) is 4.88. The molecule has 10 nitrogen and oxygen atoms in total. The van der Waals surface area contributed by atoms with Gasteiger partial charge >= 0.3 is 0 Å². The van der Waals surface area contributed by atoms with Crippen LogP contribution in [0.5, 0.6) is 0 Å². The van der Waals surface area contributed by atoms with Crippen LogP contribution in [0.25, 0.3) is 16.1 Å². The van der Waals surface area contributed by atoms with Gasteiger partial charge in [-0.15, -0.1) is 0 Å². The van der Waals surface area contributed by atoms with E-state index in [2.05, 4.69) is 49.5 Å². The predicted octanol–water partition coefficient (Wildman–Crippen LogP) is 2.64. The van der Waals surface area contributed by atoms with Crippen LogP contribution in [0.3, 0.4) is 0 Å². The lowest BCUT2D eigenvalue weighted by molar-refractivity contribution is -0.117. The molecule has 5 rings (SSSR count). The van der Waals surface area contributed by atoms with Crippen molar-refractivity contribution in [2.75, 3.05) is 25.0 Å². The van der Waals surface area contributed by atoms with Crippen molar-refractivity contribution in [1.29, 1.82) is 0 Å². The number of nitrogens with zero attached hydrogens (tertiary/aromatic N) is 6. The highest BCUT2D eigenvalue weighted by Crippen LogP contribution is 2.34. The third-order valence-corrected chi connectivity index (χ3v) is 7.19. The number of primary amides is 1. The Kier molecular flexibility index (Phi) is 6.33. The maximum atomic E-state index is 12.3. The summed E-state index contributed by atoms with van der Waals surface area (Å²) in [6, 6.07) is 10.5. The first-order valence-electron chi connectivity index (χ1n) is 12.2. The Morgan fingerprint density at radius 1 is 1.17 bits per heavy atom. The van der Waals surface area contributed by atoms with Crippen LogP contribution in [-0.2, 0) is 23.9 Å². The van der Waals surface area contributed by atoms with E-state index in [0.29, 0.717) is 12.8 Å². The predicted molar refractivity (Wildman–Crippen MR) is 135 cm³/mol. The summed E-state index contributed by atoms with van der Waals surface area (Å²) in [5.74, 6) is -0.601. The first-order valence-corrected chi connectivity index (χ1v) is 12.2. The molecule has 2 amide bonds. The number of amides is 2. The summed E-state index contributed by atoms with van der Waals surface area (Å²) in [4.78, 5) is 30.4. The van der Waals surface area contributed by atoms with Gasteiger partial charge in [0.05, 0.1) is 5.69 Å². The number of hydrogen-bond acceptors (Lipinski definition) is 5. The molecule has 2 aliphatic rings. The summed E-state index contributed by atoms with van der Waals surface area (Å²) in [6.45, 7) is 10.2. The molecule has 36 heavy (non-hydrogen) atoms. The molecule has 0 atom stereocenters. The van der Waals surface area contributed by atoms with Crippen molar-refractivity contribution in [3.05, 3.63) is 65.3 Å². The van der Waals surface area contributed by atoms with E-state index in [1.807, 2.05) is 19.3 Å². The number of piperidine rings is 1. The highest BCUT2D eigenvalue weighted by molar-refractivity contribution is 6.02. The number of anilines is 1. The molecule has 1 aliphatic heterocycles. The second-order valence-corrected chi connectivity index (χ2v) is 9.85. The van der Waals surface area contributed by atoms with Crippen LogP contribution in [0.1, 0.15) is 41.6 Å². The van der Waals surface area contributed by atoms with Crippen molar-refractivity contribution in [2.24, 2.45) is 18.7 Å². The summed E-state index contributed by atoms with van der Waals surface area (Å²) < 4.78 is 3.50. The lowest BCUT2D eigenvalue weighted by Gasteiger charge is -2.38. The van der Waals surface area contributed by atoms with Gasteiger partial charge < -0.3 is 15.9 Å². The van der Waals surface area contributed by atoms with Crippen molar-refractivity contribution in [3.63, 3.8) is 0 Å². The van der Waals surface area contributed by atoms with E-state index < -0.39 is 11.4 Å². The number of carbonyl (C=O) groups is 2. The van der Waals surface area contributed by atoms with Crippen LogP contribution >= 0.6 is 0 Å². The van der Waals surface area contributed by atoms with E-state index in [9.17, 15) is 9.59 Å². The van der Waals surface area contributed by atoms with Crippen molar-refractivity contribution in [2.45, 2.75) is 37.8 Å². The fourth-order valence-electron chi connectivity index (χ4n) is 4.80. The summed E-state index contributed by atoms with van der Waals surface area (Å²) in [7, 11) is 1.91. The maximum absolute atomic E-state index is 12.3. The molecule has 2 aromatic heterocycles. The minimum atomic E-state index is -0.642. The number of hydrogen-bond donors (Lipinski definition) is 2. The Hall–Kier alpha value is -3.97. The molecular weight excluding hydrogens is 456 g/mol. The second kappa shape index (κ2) is 9.59. The Bertz CT molecular complexity index is 1300. The molecule has 1 aromatic carbocycles. The molecule has 0 bridgehead atoms. The van der Waals surface area contributed by atoms with Gasteiger partial charge in [0.15, 0.2) is 5.82 Å². The van der Waals surface area contributed by atoms with E-state index in [4.69, 9.17) is 12.3 Å². The molecule has 186 valence electrons. The van der Waals surface area contributed by atoms with Gasteiger partial charge in [-0.1, -0.05) is 24.3 Å². The summed E-state index contributed by atoms with van der Waals surface area (Å²) in [6.07, 6.45) is 6.64. The number of aryl methyl sites for hydroxylation is 1. The number of nitrogens with one attached hydrogen (secondary N) is 1. The first-order chi connectivity index (χ1) is 17.4. The average Bonchev–Trinajstić information content (AvgIpc) is 3.50. The van der Waals surface area contributed by atoms with Crippen LogP contribution < -0.4 is 11.1 Å². The van der Waals surface area contributed by atoms with Gasteiger partial charge in [0.25, 0.3) is 5.91 Å². The van der Waals surface area contributed by atoms with Gasteiger partial charge in [-0.25, -0.2) is 6.57 Å². The lowest BCUT2D eigenvalue weighted by atomic mass is 9.87. The fourth-order valence-corrected chi connectivity index (χ4v) is 4.80. The van der Waals surface area contributed by atoms with E-state index in [0.717, 1.165) is 43.7 Å². The molecule has 3 heterocycles. The Morgan fingerprint density at radius 3 is 2.47 bits per heavy atom. The van der Waals surface area contributed by atoms with Crippen LogP contribution in [0.2, 0.25) is 0 Å². The number of rotatable bonds is 8. The topological polar surface area (TPSA) is 115 Å². The van der Waals surface area contributed by atoms with Crippen LogP contribution in [0, 0.1) is 12.5 Å². The van der Waals surface area contributed by atoms with Crippen molar-refractivity contribution >= 4 is 17.6 Å². The van der Waals surface area contributed by atoms with Gasteiger partial charge in [-0.05, 0) is 37.3 Å². The highest BCUT2D eigenvalue weighted by Gasteiger charge is 2.41. The van der Waals surface area contributed by atoms with Gasteiger partial charge in [-0.3, -0.25) is 23.9 Å². The van der Waals surface area contributed by atoms with Crippen molar-refractivity contribution in [3.8, 4) is 11.3 Å². The molecule has 0 spiro atoms. The van der Waals surface area contributed by atoms with E-state index >= 15 is 0 Å². The Morgan fingerprint density at radius 2 is 1.89 bits per heavy atom. The molecule has 1 aliphatic carbocycles. The summed E-state index contributed by atoms with van der Waals surface area (Å²) >= 11 is 0. The lowest BCUT2D eigenvalue weighted by Crippen LogP contribution is -2.47. The van der Waals surface area contributed by atoms with Gasteiger partial charge in [0.2, 0.25) is 12.5 Å². The first kappa shape index (κ1) is 23.8. The Labute approximate surface area is 209 Å². The second-order valence-electron chi connectivity index (χ2n) is 9.85. The molecule has 1 saturated heterocycles. The van der Waals surface area contributed by atoms with E-state index in [1.54, 1.807) is 15.6 Å². The molecule has 0 radical (unpaired) electrons. The third-order valence-electron chi connectivity index (χ3n) is 7.19. The molecule has 0 unspecified atom stereocenters. The zero-order valence-electron chi connectivity index (χ0n) is 20.4. The smallest absolute Gasteiger partial charge is 0.254 e. The van der Waals surface area contributed by atoms with Crippen LogP contribution in [-0.4, -0.2) is 55.9 Å². The Balaban J connectivity index is 1.28. The minimum absolute atomic E-state index is 0.0191. The number of benzene rings is 1. The summed E-state index contributed by atoms with van der Waals surface area (Å²) in [5.41, 5.74) is 8.47. The monoisotopic (exact) mass is 486 g/mol. The van der Waals surface area contributed by atoms with E-state index in [1.165, 1.54) is 5.56 Å². The molecule has 3 N–H and O–H groups in total. The standard InChI is InChI=1S/C26H30N8O2/c1-28-17-26(34-16-21(23(27)35)24(31-34)29-25(36)20-7-8-20)10-13-33(14-11-26)15-18-3-5-19(6-4-18)22-9-12-32(2)30-22/h3-6,9,12,16,20H,7-8,10-11,13-15,17H2,2H3,(H2,27,35)(H,29,31,36). The molecule has 10 heteroatoms. The largest absolute Gasteiger partial charge is 0.365 e. The fraction of sp³-hybridized carbons (Fsp3) is 0.423.